The van der Waals surface area contributed by atoms with Crippen LogP contribution in [0.4, 0.5) is 10.1 Å². The Kier molecular flexibility index (Phi) is 3.81. The Labute approximate surface area is 116 Å². The molecule has 0 aliphatic carbocycles. The molecule has 0 aliphatic heterocycles. The molecule has 1 amide bonds. The number of anilines is 1. The van der Waals surface area contributed by atoms with E-state index in [1.54, 1.807) is 38.2 Å². The Bertz CT molecular complexity index is 687. The lowest BCUT2D eigenvalue weighted by atomic mass is 10.1. The summed E-state index contributed by atoms with van der Waals surface area (Å²) in [7, 11) is 1.64. The highest BCUT2D eigenvalue weighted by molar-refractivity contribution is 6.05. The van der Waals surface area contributed by atoms with Crippen LogP contribution < -0.4 is 4.90 Å². The number of halogens is 1. The molecular formula is C16H13FN2O. The molecule has 0 aliphatic rings. The van der Waals surface area contributed by atoms with E-state index in [1.807, 2.05) is 6.07 Å². The summed E-state index contributed by atoms with van der Waals surface area (Å²) < 4.78 is 13.2. The van der Waals surface area contributed by atoms with E-state index in [9.17, 15) is 9.18 Å². The van der Waals surface area contributed by atoms with Crippen LogP contribution in [-0.2, 0) is 0 Å². The molecule has 2 rings (SSSR count). The van der Waals surface area contributed by atoms with Gasteiger partial charge in [0.05, 0.1) is 11.6 Å². The summed E-state index contributed by atoms with van der Waals surface area (Å²) in [5.41, 5.74) is 2.07. The first kappa shape index (κ1) is 13.8. The average molecular weight is 268 g/mol. The molecule has 0 fully saturated rings. The van der Waals surface area contributed by atoms with Crippen molar-refractivity contribution in [1.29, 1.82) is 5.26 Å². The van der Waals surface area contributed by atoms with Crippen molar-refractivity contribution in [2.75, 3.05) is 11.9 Å². The third-order valence-corrected chi connectivity index (χ3v) is 3.09. The second kappa shape index (κ2) is 5.54. The molecule has 4 heteroatoms. The normalized spacial score (nSPS) is 9.90. The number of rotatable bonds is 2. The summed E-state index contributed by atoms with van der Waals surface area (Å²) >= 11 is 0. The van der Waals surface area contributed by atoms with Crippen LogP contribution in [0.15, 0.2) is 42.5 Å². The van der Waals surface area contributed by atoms with Gasteiger partial charge in [0, 0.05) is 18.3 Å². The summed E-state index contributed by atoms with van der Waals surface area (Å²) in [6, 6.07) is 13.0. The first-order chi connectivity index (χ1) is 9.52. The fraction of sp³-hybridized carbons (Fsp3) is 0.125. The molecular weight excluding hydrogens is 255 g/mol. The Morgan fingerprint density at radius 3 is 2.40 bits per heavy atom. The van der Waals surface area contributed by atoms with Crippen LogP contribution in [0, 0.1) is 24.1 Å². The quantitative estimate of drug-likeness (QED) is 0.839. The number of carbonyl (C=O) groups is 1. The number of hydrogen-bond donors (Lipinski definition) is 0. The lowest BCUT2D eigenvalue weighted by molar-refractivity contribution is 0.0993. The number of nitrogens with zero attached hydrogens (tertiary/aromatic N) is 2. The topological polar surface area (TPSA) is 44.1 Å². The van der Waals surface area contributed by atoms with Gasteiger partial charge in [0.2, 0.25) is 0 Å². The lowest BCUT2D eigenvalue weighted by Gasteiger charge is -2.17. The molecule has 0 saturated heterocycles. The van der Waals surface area contributed by atoms with Crippen molar-refractivity contribution in [1.82, 2.24) is 0 Å². The van der Waals surface area contributed by atoms with Crippen LogP contribution in [-0.4, -0.2) is 13.0 Å². The first-order valence-corrected chi connectivity index (χ1v) is 6.07. The summed E-state index contributed by atoms with van der Waals surface area (Å²) in [5.74, 6) is -0.555. The zero-order valence-corrected chi connectivity index (χ0v) is 11.2. The van der Waals surface area contributed by atoms with Crippen molar-refractivity contribution in [2.24, 2.45) is 0 Å². The molecule has 3 nitrogen and oxygen atoms in total. The Balaban J connectivity index is 2.27. The molecule has 0 saturated carbocycles. The molecule has 0 unspecified atom stereocenters. The standard InChI is InChI=1S/C16H13FN2O/c1-11-9-13(5-8-15(11)17)16(20)19(2)14-6-3-12(10-18)4-7-14/h3-9H,1-2H3. The van der Waals surface area contributed by atoms with E-state index >= 15 is 0 Å². The Morgan fingerprint density at radius 1 is 1.20 bits per heavy atom. The van der Waals surface area contributed by atoms with Crippen molar-refractivity contribution < 1.29 is 9.18 Å². The number of nitriles is 1. The van der Waals surface area contributed by atoms with Crippen LogP contribution in [0.1, 0.15) is 21.5 Å². The van der Waals surface area contributed by atoms with E-state index in [2.05, 4.69) is 0 Å². The molecule has 0 spiro atoms. The van der Waals surface area contributed by atoms with Gasteiger partial charge in [0.15, 0.2) is 0 Å². The molecule has 20 heavy (non-hydrogen) atoms. The van der Waals surface area contributed by atoms with Crippen molar-refractivity contribution in [3.8, 4) is 6.07 Å². The molecule has 2 aromatic carbocycles. The number of hydrogen-bond acceptors (Lipinski definition) is 2. The minimum absolute atomic E-state index is 0.224. The van der Waals surface area contributed by atoms with Gasteiger partial charge in [0.25, 0.3) is 5.91 Å². The van der Waals surface area contributed by atoms with Gasteiger partial charge in [-0.2, -0.15) is 5.26 Å². The minimum atomic E-state index is -0.331. The van der Waals surface area contributed by atoms with E-state index in [-0.39, 0.29) is 11.7 Å². The molecule has 0 bridgehead atoms. The maximum absolute atomic E-state index is 13.2. The van der Waals surface area contributed by atoms with Gasteiger partial charge < -0.3 is 4.90 Å². The predicted molar refractivity (Wildman–Crippen MR) is 75.0 cm³/mol. The third-order valence-electron chi connectivity index (χ3n) is 3.09. The van der Waals surface area contributed by atoms with Gasteiger partial charge in [-0.25, -0.2) is 4.39 Å². The third kappa shape index (κ3) is 2.67. The summed E-state index contributed by atoms with van der Waals surface area (Å²) in [6.45, 7) is 1.62. The van der Waals surface area contributed by atoms with Crippen LogP contribution in [0.2, 0.25) is 0 Å². The summed E-state index contributed by atoms with van der Waals surface area (Å²) in [6.07, 6.45) is 0. The second-order valence-electron chi connectivity index (χ2n) is 4.49. The SMILES string of the molecule is Cc1cc(C(=O)N(C)c2ccc(C#N)cc2)ccc1F. The van der Waals surface area contributed by atoms with Crippen LogP contribution in [0.25, 0.3) is 0 Å². The Hall–Kier alpha value is -2.67. The maximum atomic E-state index is 13.2. The zero-order valence-electron chi connectivity index (χ0n) is 11.2. The van der Waals surface area contributed by atoms with Crippen molar-refractivity contribution in [3.63, 3.8) is 0 Å². The molecule has 0 radical (unpaired) electrons. The highest BCUT2D eigenvalue weighted by atomic mass is 19.1. The van der Waals surface area contributed by atoms with Gasteiger partial charge in [-0.1, -0.05) is 0 Å². The minimum Gasteiger partial charge on any atom is -0.311 e. The smallest absolute Gasteiger partial charge is 0.258 e. The average Bonchev–Trinajstić information content (AvgIpc) is 2.48. The van der Waals surface area contributed by atoms with Gasteiger partial charge in [-0.05, 0) is 55.0 Å². The van der Waals surface area contributed by atoms with E-state index in [1.165, 1.54) is 23.1 Å². The summed E-state index contributed by atoms with van der Waals surface area (Å²) in [5, 5.41) is 8.74. The van der Waals surface area contributed by atoms with Gasteiger partial charge in [-0.3, -0.25) is 4.79 Å². The zero-order chi connectivity index (χ0) is 14.7. The predicted octanol–water partition coefficient (Wildman–Crippen LogP) is 3.28. The van der Waals surface area contributed by atoms with Crippen molar-refractivity contribution >= 4 is 11.6 Å². The fourth-order valence-corrected chi connectivity index (χ4v) is 1.85. The first-order valence-electron chi connectivity index (χ1n) is 6.07. The van der Waals surface area contributed by atoms with Crippen molar-refractivity contribution in [3.05, 3.63) is 65.0 Å². The number of benzene rings is 2. The molecule has 2 aromatic rings. The molecule has 0 N–H and O–H groups in total. The van der Waals surface area contributed by atoms with Crippen LogP contribution in [0.5, 0.6) is 0 Å². The highest BCUT2D eigenvalue weighted by Gasteiger charge is 2.14. The van der Waals surface area contributed by atoms with Gasteiger partial charge in [-0.15, -0.1) is 0 Å². The monoisotopic (exact) mass is 268 g/mol. The number of aryl methyl sites for hydroxylation is 1. The second-order valence-corrected chi connectivity index (χ2v) is 4.49. The number of amides is 1. The van der Waals surface area contributed by atoms with Crippen molar-refractivity contribution in [2.45, 2.75) is 6.92 Å². The molecule has 0 heterocycles. The molecule has 0 atom stereocenters. The van der Waals surface area contributed by atoms with E-state index < -0.39 is 0 Å². The van der Waals surface area contributed by atoms with E-state index in [4.69, 9.17) is 5.26 Å². The lowest BCUT2D eigenvalue weighted by Crippen LogP contribution is -2.26. The van der Waals surface area contributed by atoms with E-state index in [0.717, 1.165) is 0 Å². The highest BCUT2D eigenvalue weighted by Crippen LogP contribution is 2.17. The molecule has 100 valence electrons. The maximum Gasteiger partial charge on any atom is 0.258 e. The van der Waals surface area contributed by atoms with E-state index in [0.29, 0.717) is 22.4 Å². The van der Waals surface area contributed by atoms with Crippen LogP contribution >= 0.6 is 0 Å². The number of carbonyl (C=O) groups excluding carboxylic acids is 1. The largest absolute Gasteiger partial charge is 0.311 e. The van der Waals surface area contributed by atoms with Gasteiger partial charge >= 0.3 is 0 Å². The fourth-order valence-electron chi connectivity index (χ4n) is 1.85. The molecule has 0 aromatic heterocycles. The Morgan fingerprint density at radius 2 is 1.85 bits per heavy atom. The van der Waals surface area contributed by atoms with Crippen LogP contribution in [0.3, 0.4) is 0 Å². The van der Waals surface area contributed by atoms with Gasteiger partial charge in [0.1, 0.15) is 5.82 Å². The summed E-state index contributed by atoms with van der Waals surface area (Å²) in [4.78, 5) is 13.8.